The number of aliphatic hydroxyl groups excluding tert-OH is 1. The van der Waals surface area contributed by atoms with E-state index < -0.39 is 6.10 Å². The zero-order valence-electron chi connectivity index (χ0n) is 7.46. The van der Waals surface area contributed by atoms with Gasteiger partial charge in [-0.25, -0.2) is 4.39 Å². The molecule has 1 aliphatic heterocycles. The lowest BCUT2D eigenvalue weighted by molar-refractivity contribution is 0.174. The summed E-state index contributed by atoms with van der Waals surface area (Å²) in [6.07, 6.45) is 0.181. The molecule has 0 spiro atoms. The van der Waals surface area contributed by atoms with Crippen LogP contribution in [0.25, 0.3) is 0 Å². The molecule has 1 heterocycles. The maximum absolute atomic E-state index is 13.1. The topological polar surface area (TPSA) is 20.2 Å². The lowest BCUT2D eigenvalue weighted by Gasteiger charge is -2.12. The normalized spacial score (nSPS) is 21.5. The van der Waals surface area contributed by atoms with Crippen molar-refractivity contribution in [3.8, 4) is 0 Å². The first-order valence-electron chi connectivity index (χ1n) is 4.42. The standard InChI is InChI=1S/C10H10BrFOS/c11-9-4-6(12)3-7-8(9)5-14-2-1-10(7)13/h3-4,10,13H,1-2,5H2. The molecule has 76 valence electrons. The second-order valence-electron chi connectivity index (χ2n) is 3.31. The van der Waals surface area contributed by atoms with Crippen LogP contribution in [-0.4, -0.2) is 10.9 Å². The van der Waals surface area contributed by atoms with Gasteiger partial charge in [-0.1, -0.05) is 15.9 Å². The van der Waals surface area contributed by atoms with Gasteiger partial charge < -0.3 is 5.11 Å². The van der Waals surface area contributed by atoms with Crippen molar-refractivity contribution in [2.45, 2.75) is 18.3 Å². The van der Waals surface area contributed by atoms with E-state index in [0.29, 0.717) is 6.42 Å². The first kappa shape index (κ1) is 10.5. The van der Waals surface area contributed by atoms with E-state index in [-0.39, 0.29) is 5.82 Å². The van der Waals surface area contributed by atoms with Crippen LogP contribution < -0.4 is 0 Å². The molecule has 0 amide bonds. The van der Waals surface area contributed by atoms with Gasteiger partial charge in [0, 0.05) is 10.2 Å². The molecule has 1 unspecified atom stereocenters. The molecular formula is C10H10BrFOS. The van der Waals surface area contributed by atoms with E-state index in [1.54, 1.807) is 11.8 Å². The summed E-state index contributed by atoms with van der Waals surface area (Å²) in [5.41, 5.74) is 1.77. The van der Waals surface area contributed by atoms with E-state index >= 15 is 0 Å². The zero-order chi connectivity index (χ0) is 10.1. The fourth-order valence-corrected chi connectivity index (χ4v) is 3.43. The van der Waals surface area contributed by atoms with Gasteiger partial charge in [-0.2, -0.15) is 11.8 Å². The lowest BCUT2D eigenvalue weighted by atomic mass is 10.0. The third kappa shape index (κ3) is 1.97. The number of fused-ring (bicyclic) bond motifs is 1. The maximum atomic E-state index is 13.1. The molecule has 0 aliphatic carbocycles. The Morgan fingerprint density at radius 2 is 2.29 bits per heavy atom. The summed E-state index contributed by atoms with van der Waals surface area (Å²) in [5.74, 6) is 1.47. The van der Waals surface area contributed by atoms with Gasteiger partial charge >= 0.3 is 0 Å². The fourth-order valence-electron chi connectivity index (χ4n) is 1.60. The number of hydrogen-bond donors (Lipinski definition) is 1. The molecule has 0 bridgehead atoms. The van der Waals surface area contributed by atoms with Crippen molar-refractivity contribution in [3.63, 3.8) is 0 Å². The van der Waals surface area contributed by atoms with Crippen LogP contribution in [0, 0.1) is 5.82 Å². The lowest BCUT2D eigenvalue weighted by Crippen LogP contribution is -2.01. The Balaban J connectivity index is 2.53. The van der Waals surface area contributed by atoms with Gasteiger partial charge in [0.2, 0.25) is 0 Å². The van der Waals surface area contributed by atoms with Crippen LogP contribution in [0.5, 0.6) is 0 Å². The van der Waals surface area contributed by atoms with Crippen molar-refractivity contribution < 1.29 is 9.50 Å². The Kier molecular flexibility index (Phi) is 3.14. The van der Waals surface area contributed by atoms with Crippen LogP contribution in [0.15, 0.2) is 16.6 Å². The number of hydrogen-bond acceptors (Lipinski definition) is 2. The number of rotatable bonds is 0. The summed E-state index contributed by atoms with van der Waals surface area (Å²) in [6.45, 7) is 0. The van der Waals surface area contributed by atoms with E-state index in [4.69, 9.17) is 0 Å². The number of benzene rings is 1. The molecule has 14 heavy (non-hydrogen) atoms. The molecule has 1 atom stereocenters. The highest BCUT2D eigenvalue weighted by molar-refractivity contribution is 9.10. The molecule has 1 aliphatic rings. The van der Waals surface area contributed by atoms with E-state index in [1.807, 2.05) is 0 Å². The smallest absolute Gasteiger partial charge is 0.124 e. The largest absolute Gasteiger partial charge is 0.388 e. The van der Waals surface area contributed by atoms with E-state index in [0.717, 1.165) is 27.1 Å². The molecule has 0 fully saturated rings. The predicted octanol–water partition coefficient (Wildman–Crippen LogP) is 3.26. The van der Waals surface area contributed by atoms with Gasteiger partial charge in [-0.15, -0.1) is 0 Å². The minimum atomic E-state index is -0.521. The summed E-state index contributed by atoms with van der Waals surface area (Å²) in [5, 5.41) is 9.79. The van der Waals surface area contributed by atoms with Crippen molar-refractivity contribution in [1.29, 1.82) is 0 Å². The summed E-state index contributed by atoms with van der Waals surface area (Å²) < 4.78 is 13.9. The minimum absolute atomic E-state index is 0.290. The SMILES string of the molecule is OC1CCSCc2c(Br)cc(F)cc21. The Hall–Kier alpha value is -0.0600. The third-order valence-corrected chi connectivity index (χ3v) is 4.06. The molecular weight excluding hydrogens is 267 g/mol. The predicted molar refractivity (Wildman–Crippen MR) is 59.8 cm³/mol. The molecule has 1 N–H and O–H groups in total. The average molecular weight is 277 g/mol. The highest BCUT2D eigenvalue weighted by atomic mass is 79.9. The Labute approximate surface area is 94.8 Å². The van der Waals surface area contributed by atoms with Crippen LogP contribution in [0.4, 0.5) is 4.39 Å². The summed E-state index contributed by atoms with van der Waals surface area (Å²) >= 11 is 5.10. The monoisotopic (exact) mass is 276 g/mol. The van der Waals surface area contributed by atoms with E-state index in [9.17, 15) is 9.50 Å². The Morgan fingerprint density at radius 1 is 1.50 bits per heavy atom. The molecule has 1 aromatic rings. The van der Waals surface area contributed by atoms with Gasteiger partial charge in [0.05, 0.1) is 6.10 Å². The van der Waals surface area contributed by atoms with Crippen LogP contribution in [-0.2, 0) is 5.75 Å². The fraction of sp³-hybridized carbons (Fsp3) is 0.400. The first-order valence-corrected chi connectivity index (χ1v) is 6.37. The molecule has 1 nitrogen and oxygen atoms in total. The van der Waals surface area contributed by atoms with Crippen molar-refractivity contribution >= 4 is 27.7 Å². The number of thioether (sulfide) groups is 1. The van der Waals surface area contributed by atoms with Gasteiger partial charge in [0.25, 0.3) is 0 Å². The highest BCUT2D eigenvalue weighted by Crippen LogP contribution is 2.35. The van der Waals surface area contributed by atoms with Crippen LogP contribution >= 0.6 is 27.7 Å². The van der Waals surface area contributed by atoms with Crippen molar-refractivity contribution in [2.75, 3.05) is 5.75 Å². The van der Waals surface area contributed by atoms with Crippen molar-refractivity contribution in [1.82, 2.24) is 0 Å². The van der Waals surface area contributed by atoms with Crippen LogP contribution in [0.3, 0.4) is 0 Å². The second kappa shape index (κ2) is 4.21. The average Bonchev–Trinajstić information content (AvgIpc) is 2.29. The quantitative estimate of drug-likeness (QED) is 0.785. The molecule has 0 saturated heterocycles. The van der Waals surface area contributed by atoms with Gasteiger partial charge in [0.1, 0.15) is 5.82 Å². The van der Waals surface area contributed by atoms with Crippen molar-refractivity contribution in [3.05, 3.63) is 33.5 Å². The molecule has 0 radical (unpaired) electrons. The molecule has 0 saturated carbocycles. The summed E-state index contributed by atoms with van der Waals surface area (Å²) in [4.78, 5) is 0. The molecule has 4 heteroatoms. The zero-order valence-corrected chi connectivity index (χ0v) is 9.87. The number of halogens is 2. The Bertz CT molecular complexity index is 356. The van der Waals surface area contributed by atoms with Crippen LogP contribution in [0.2, 0.25) is 0 Å². The van der Waals surface area contributed by atoms with Gasteiger partial charge in [0.15, 0.2) is 0 Å². The van der Waals surface area contributed by atoms with Gasteiger partial charge in [-0.05, 0) is 35.4 Å². The third-order valence-electron chi connectivity index (χ3n) is 2.34. The van der Waals surface area contributed by atoms with Crippen LogP contribution in [0.1, 0.15) is 23.7 Å². The van der Waals surface area contributed by atoms with E-state index in [1.165, 1.54) is 12.1 Å². The molecule has 2 rings (SSSR count). The molecule has 0 aromatic heterocycles. The van der Waals surface area contributed by atoms with E-state index in [2.05, 4.69) is 15.9 Å². The summed E-state index contributed by atoms with van der Waals surface area (Å²) in [7, 11) is 0. The Morgan fingerprint density at radius 3 is 3.07 bits per heavy atom. The minimum Gasteiger partial charge on any atom is -0.388 e. The summed E-state index contributed by atoms with van der Waals surface area (Å²) in [6, 6.07) is 2.90. The second-order valence-corrected chi connectivity index (χ2v) is 5.27. The number of aliphatic hydroxyl groups is 1. The highest BCUT2D eigenvalue weighted by Gasteiger charge is 2.19. The molecule has 1 aromatic carbocycles. The van der Waals surface area contributed by atoms with Gasteiger partial charge in [-0.3, -0.25) is 0 Å². The maximum Gasteiger partial charge on any atom is 0.124 e. The first-order chi connectivity index (χ1) is 6.68. The van der Waals surface area contributed by atoms with Crippen molar-refractivity contribution in [2.24, 2.45) is 0 Å².